The van der Waals surface area contributed by atoms with Crippen molar-refractivity contribution in [3.05, 3.63) is 18.0 Å². The first-order chi connectivity index (χ1) is 9.38. The van der Waals surface area contributed by atoms with Gasteiger partial charge in [0, 0.05) is 25.4 Å². The van der Waals surface area contributed by atoms with Crippen molar-refractivity contribution < 1.29 is 9.59 Å². The van der Waals surface area contributed by atoms with Crippen LogP contribution >= 0.6 is 0 Å². The van der Waals surface area contributed by atoms with E-state index in [2.05, 4.69) is 10.4 Å². The van der Waals surface area contributed by atoms with E-state index in [-0.39, 0.29) is 17.9 Å². The van der Waals surface area contributed by atoms with Crippen LogP contribution in [0.25, 0.3) is 0 Å². The standard InChI is InChI=1S/C14H20N4O2/c1-14(2)13(20)18(8-9-6-15-17(3)7-9)11(10-4-5-10)12(19)16-14/h6-7,10-11H,4-5,8H2,1-3H3,(H,16,19). The van der Waals surface area contributed by atoms with Crippen molar-refractivity contribution in [3.63, 3.8) is 0 Å². The summed E-state index contributed by atoms with van der Waals surface area (Å²) in [5.41, 5.74) is 0.127. The fraction of sp³-hybridized carbons (Fsp3) is 0.643. The number of amides is 2. The third kappa shape index (κ3) is 2.19. The number of carbonyl (C=O) groups excluding carboxylic acids is 2. The predicted octanol–water partition coefficient (Wildman–Crippen LogP) is 0.436. The van der Waals surface area contributed by atoms with Crippen LogP contribution in [0.3, 0.4) is 0 Å². The van der Waals surface area contributed by atoms with Gasteiger partial charge in [0.15, 0.2) is 0 Å². The normalized spacial score (nSPS) is 25.8. The Morgan fingerprint density at radius 3 is 2.65 bits per heavy atom. The molecule has 2 fully saturated rings. The van der Waals surface area contributed by atoms with E-state index < -0.39 is 5.54 Å². The Labute approximate surface area is 118 Å². The summed E-state index contributed by atoms with van der Waals surface area (Å²) in [6.45, 7) is 3.96. The van der Waals surface area contributed by atoms with E-state index in [0.717, 1.165) is 18.4 Å². The lowest BCUT2D eigenvalue weighted by molar-refractivity contribution is -0.155. The van der Waals surface area contributed by atoms with Crippen LogP contribution in [0.4, 0.5) is 0 Å². The molecule has 0 bridgehead atoms. The lowest BCUT2D eigenvalue weighted by Gasteiger charge is -2.43. The van der Waals surface area contributed by atoms with Gasteiger partial charge in [0.25, 0.3) is 0 Å². The van der Waals surface area contributed by atoms with E-state index in [1.54, 1.807) is 29.6 Å². The predicted molar refractivity (Wildman–Crippen MR) is 72.5 cm³/mol. The number of hydrogen-bond donors (Lipinski definition) is 1. The average Bonchev–Trinajstić information content (AvgIpc) is 3.09. The molecule has 1 aromatic rings. The number of nitrogens with one attached hydrogen (secondary N) is 1. The molecule has 2 heterocycles. The number of piperazine rings is 1. The van der Waals surface area contributed by atoms with Gasteiger partial charge in [0.1, 0.15) is 11.6 Å². The Hall–Kier alpha value is -1.85. The zero-order valence-corrected chi connectivity index (χ0v) is 12.1. The number of aryl methyl sites for hydroxylation is 1. The van der Waals surface area contributed by atoms with Crippen LogP contribution in [0.1, 0.15) is 32.3 Å². The van der Waals surface area contributed by atoms with E-state index in [4.69, 9.17) is 0 Å². The maximum atomic E-state index is 12.6. The topological polar surface area (TPSA) is 67.2 Å². The van der Waals surface area contributed by atoms with Crippen molar-refractivity contribution in [2.75, 3.05) is 0 Å². The molecule has 1 atom stereocenters. The van der Waals surface area contributed by atoms with Crippen molar-refractivity contribution in [2.45, 2.75) is 44.8 Å². The summed E-state index contributed by atoms with van der Waals surface area (Å²) in [6.07, 6.45) is 5.68. The highest BCUT2D eigenvalue weighted by Gasteiger charge is 2.50. The van der Waals surface area contributed by atoms with Crippen LogP contribution in [0.15, 0.2) is 12.4 Å². The Kier molecular flexibility index (Phi) is 2.84. The van der Waals surface area contributed by atoms with Crippen molar-refractivity contribution in [1.29, 1.82) is 0 Å². The largest absolute Gasteiger partial charge is 0.340 e. The van der Waals surface area contributed by atoms with Gasteiger partial charge in [-0.3, -0.25) is 14.3 Å². The second-order valence-electron chi connectivity index (χ2n) is 6.35. The van der Waals surface area contributed by atoms with Gasteiger partial charge in [-0.2, -0.15) is 5.10 Å². The molecule has 1 saturated heterocycles. The van der Waals surface area contributed by atoms with Gasteiger partial charge in [-0.25, -0.2) is 0 Å². The maximum absolute atomic E-state index is 12.6. The summed E-state index contributed by atoms with van der Waals surface area (Å²) >= 11 is 0. The van der Waals surface area contributed by atoms with Gasteiger partial charge < -0.3 is 10.2 Å². The van der Waals surface area contributed by atoms with Gasteiger partial charge in [-0.15, -0.1) is 0 Å². The van der Waals surface area contributed by atoms with Crippen LogP contribution < -0.4 is 5.32 Å². The third-order valence-corrected chi connectivity index (χ3v) is 4.02. The number of hydrogen-bond acceptors (Lipinski definition) is 3. The van der Waals surface area contributed by atoms with E-state index in [1.807, 2.05) is 13.2 Å². The van der Waals surface area contributed by atoms with Crippen LogP contribution in [0.5, 0.6) is 0 Å². The fourth-order valence-corrected chi connectivity index (χ4v) is 2.86. The van der Waals surface area contributed by atoms with Crippen LogP contribution in [0.2, 0.25) is 0 Å². The molecule has 6 nitrogen and oxygen atoms in total. The molecule has 0 radical (unpaired) electrons. The second kappa shape index (κ2) is 4.33. The first-order valence-corrected chi connectivity index (χ1v) is 6.99. The lowest BCUT2D eigenvalue weighted by Crippen LogP contribution is -2.68. The average molecular weight is 276 g/mol. The Balaban J connectivity index is 1.89. The van der Waals surface area contributed by atoms with Crippen molar-refractivity contribution in [2.24, 2.45) is 13.0 Å². The highest BCUT2D eigenvalue weighted by Crippen LogP contribution is 2.38. The minimum absolute atomic E-state index is 0.0159. The highest BCUT2D eigenvalue weighted by atomic mass is 16.2. The lowest BCUT2D eigenvalue weighted by atomic mass is 9.94. The molecule has 1 unspecified atom stereocenters. The summed E-state index contributed by atoms with van der Waals surface area (Å²) in [4.78, 5) is 26.7. The molecule has 1 aliphatic heterocycles. The van der Waals surface area contributed by atoms with Gasteiger partial charge in [-0.1, -0.05) is 0 Å². The number of aromatic nitrogens is 2. The molecule has 108 valence electrons. The molecule has 1 aliphatic carbocycles. The van der Waals surface area contributed by atoms with Crippen molar-refractivity contribution >= 4 is 11.8 Å². The van der Waals surface area contributed by atoms with E-state index in [1.165, 1.54) is 0 Å². The molecule has 0 aromatic carbocycles. The van der Waals surface area contributed by atoms with E-state index >= 15 is 0 Å². The SMILES string of the molecule is Cn1cc(CN2C(=O)C(C)(C)NC(=O)C2C2CC2)cn1. The Morgan fingerprint density at radius 1 is 1.40 bits per heavy atom. The van der Waals surface area contributed by atoms with Crippen molar-refractivity contribution in [1.82, 2.24) is 20.0 Å². The first-order valence-electron chi connectivity index (χ1n) is 6.99. The summed E-state index contributed by atoms with van der Waals surface area (Å²) in [7, 11) is 1.84. The van der Waals surface area contributed by atoms with Crippen LogP contribution in [0, 0.1) is 5.92 Å². The van der Waals surface area contributed by atoms with Crippen LogP contribution in [-0.2, 0) is 23.2 Å². The molecular formula is C14H20N4O2. The molecular weight excluding hydrogens is 256 g/mol. The summed E-state index contributed by atoms with van der Waals surface area (Å²) in [5, 5.41) is 6.97. The van der Waals surface area contributed by atoms with Gasteiger partial charge >= 0.3 is 0 Å². The maximum Gasteiger partial charge on any atom is 0.248 e. The van der Waals surface area contributed by atoms with Crippen LogP contribution in [-0.4, -0.2) is 38.1 Å². The smallest absolute Gasteiger partial charge is 0.248 e. The molecule has 3 rings (SSSR count). The molecule has 0 spiro atoms. The van der Waals surface area contributed by atoms with Gasteiger partial charge in [-0.05, 0) is 32.6 Å². The summed E-state index contributed by atoms with van der Waals surface area (Å²) in [5.74, 6) is 0.269. The zero-order valence-electron chi connectivity index (χ0n) is 12.1. The Morgan fingerprint density at radius 2 is 2.10 bits per heavy atom. The molecule has 2 amide bonds. The molecule has 20 heavy (non-hydrogen) atoms. The highest BCUT2D eigenvalue weighted by molar-refractivity contribution is 5.99. The zero-order chi connectivity index (χ0) is 14.5. The number of nitrogens with zero attached hydrogens (tertiary/aromatic N) is 3. The minimum atomic E-state index is -0.829. The fourth-order valence-electron chi connectivity index (χ4n) is 2.86. The number of rotatable bonds is 3. The molecule has 6 heteroatoms. The summed E-state index contributed by atoms with van der Waals surface area (Å²) in [6, 6.07) is -0.323. The molecule has 1 aromatic heterocycles. The molecule has 1 saturated carbocycles. The Bertz CT molecular complexity index is 559. The quantitative estimate of drug-likeness (QED) is 0.871. The third-order valence-electron chi connectivity index (χ3n) is 4.02. The van der Waals surface area contributed by atoms with E-state index in [0.29, 0.717) is 12.5 Å². The summed E-state index contributed by atoms with van der Waals surface area (Å²) < 4.78 is 1.71. The second-order valence-corrected chi connectivity index (χ2v) is 6.35. The van der Waals surface area contributed by atoms with Crippen molar-refractivity contribution in [3.8, 4) is 0 Å². The minimum Gasteiger partial charge on any atom is -0.340 e. The van der Waals surface area contributed by atoms with E-state index in [9.17, 15) is 9.59 Å². The van der Waals surface area contributed by atoms with Gasteiger partial charge in [0.2, 0.25) is 11.8 Å². The first kappa shape index (κ1) is 13.1. The molecule has 1 N–H and O–H groups in total. The number of carbonyl (C=O) groups is 2. The molecule has 2 aliphatic rings. The monoisotopic (exact) mass is 276 g/mol. The van der Waals surface area contributed by atoms with Gasteiger partial charge in [0.05, 0.1) is 6.20 Å².